The van der Waals surface area contributed by atoms with Crippen molar-refractivity contribution in [3.63, 3.8) is 0 Å². The zero-order valence-corrected chi connectivity index (χ0v) is 12.6. The van der Waals surface area contributed by atoms with Gasteiger partial charge in [0.25, 0.3) is 0 Å². The van der Waals surface area contributed by atoms with Crippen molar-refractivity contribution in [2.45, 2.75) is 77.8 Å². The van der Waals surface area contributed by atoms with Gasteiger partial charge in [0.05, 0.1) is 12.2 Å². The Morgan fingerprint density at radius 3 is 2.89 bits per heavy atom. The molecule has 1 aromatic heterocycles. The maximum absolute atomic E-state index is 5.60. The standard InChI is InChI=1S/C16H28N2O/c1-4-6-14-7-5-8-15(10-9-14)18-13(3)16-17-11-12(2)19-16/h11,13-15,18H,4-10H2,1-3H3. The molecule has 1 aliphatic carbocycles. The molecule has 1 fully saturated rings. The Hall–Kier alpha value is -0.830. The number of rotatable bonds is 5. The van der Waals surface area contributed by atoms with Gasteiger partial charge in [0.2, 0.25) is 5.89 Å². The lowest BCUT2D eigenvalue weighted by Crippen LogP contribution is -2.31. The fraction of sp³-hybridized carbons (Fsp3) is 0.812. The third kappa shape index (κ3) is 4.34. The highest BCUT2D eigenvalue weighted by atomic mass is 16.4. The van der Waals surface area contributed by atoms with E-state index in [-0.39, 0.29) is 6.04 Å². The van der Waals surface area contributed by atoms with Gasteiger partial charge >= 0.3 is 0 Å². The summed E-state index contributed by atoms with van der Waals surface area (Å²) >= 11 is 0. The summed E-state index contributed by atoms with van der Waals surface area (Å²) in [6.07, 6.45) is 11.3. The molecule has 0 saturated heterocycles. The van der Waals surface area contributed by atoms with E-state index in [0.717, 1.165) is 17.6 Å². The van der Waals surface area contributed by atoms with E-state index in [0.29, 0.717) is 6.04 Å². The van der Waals surface area contributed by atoms with Gasteiger partial charge in [-0.25, -0.2) is 4.98 Å². The monoisotopic (exact) mass is 264 g/mol. The Morgan fingerprint density at radius 1 is 1.37 bits per heavy atom. The Labute approximate surface area is 117 Å². The predicted molar refractivity (Wildman–Crippen MR) is 78.1 cm³/mol. The highest BCUT2D eigenvalue weighted by Gasteiger charge is 2.21. The largest absolute Gasteiger partial charge is 0.444 e. The summed E-state index contributed by atoms with van der Waals surface area (Å²) in [5.41, 5.74) is 0. The number of hydrogen-bond donors (Lipinski definition) is 1. The lowest BCUT2D eigenvalue weighted by molar-refractivity contribution is 0.346. The van der Waals surface area contributed by atoms with E-state index in [4.69, 9.17) is 4.42 Å². The van der Waals surface area contributed by atoms with Gasteiger partial charge in [-0.15, -0.1) is 0 Å². The van der Waals surface area contributed by atoms with Gasteiger partial charge in [-0.05, 0) is 39.0 Å². The van der Waals surface area contributed by atoms with E-state index in [9.17, 15) is 0 Å². The molecule has 1 aliphatic rings. The van der Waals surface area contributed by atoms with Gasteiger partial charge in [-0.2, -0.15) is 0 Å². The molecule has 1 heterocycles. The molecular weight excluding hydrogens is 236 g/mol. The van der Waals surface area contributed by atoms with Gasteiger partial charge in [-0.3, -0.25) is 0 Å². The van der Waals surface area contributed by atoms with Crippen LogP contribution in [0.15, 0.2) is 10.6 Å². The lowest BCUT2D eigenvalue weighted by Gasteiger charge is -2.20. The van der Waals surface area contributed by atoms with Crippen molar-refractivity contribution in [2.24, 2.45) is 5.92 Å². The van der Waals surface area contributed by atoms with E-state index < -0.39 is 0 Å². The second-order valence-electron chi connectivity index (χ2n) is 6.06. The molecule has 3 unspecified atom stereocenters. The van der Waals surface area contributed by atoms with Crippen molar-refractivity contribution < 1.29 is 4.42 Å². The van der Waals surface area contributed by atoms with Crippen molar-refractivity contribution in [3.05, 3.63) is 17.8 Å². The van der Waals surface area contributed by atoms with Crippen LogP contribution in [0.5, 0.6) is 0 Å². The molecule has 19 heavy (non-hydrogen) atoms. The highest BCUT2D eigenvalue weighted by molar-refractivity contribution is 4.95. The van der Waals surface area contributed by atoms with Crippen LogP contribution in [0.4, 0.5) is 0 Å². The summed E-state index contributed by atoms with van der Waals surface area (Å²) < 4.78 is 5.60. The molecule has 0 aromatic carbocycles. The zero-order chi connectivity index (χ0) is 13.7. The molecule has 1 saturated carbocycles. The molecule has 2 rings (SSSR count). The molecule has 1 N–H and O–H groups in total. The molecule has 0 radical (unpaired) electrons. The Balaban J connectivity index is 1.82. The van der Waals surface area contributed by atoms with Crippen LogP contribution < -0.4 is 5.32 Å². The number of hydrogen-bond acceptors (Lipinski definition) is 3. The number of nitrogens with zero attached hydrogens (tertiary/aromatic N) is 1. The van der Waals surface area contributed by atoms with E-state index in [1.54, 1.807) is 6.20 Å². The van der Waals surface area contributed by atoms with E-state index in [1.165, 1.54) is 44.9 Å². The summed E-state index contributed by atoms with van der Waals surface area (Å²) in [7, 11) is 0. The number of oxazole rings is 1. The number of aryl methyl sites for hydroxylation is 1. The van der Waals surface area contributed by atoms with Gasteiger partial charge < -0.3 is 9.73 Å². The molecule has 0 amide bonds. The van der Waals surface area contributed by atoms with Crippen LogP contribution in [0.25, 0.3) is 0 Å². The predicted octanol–water partition coefficient (Wildman–Crippen LogP) is 4.38. The van der Waals surface area contributed by atoms with Crippen LogP contribution in [0.1, 0.15) is 76.5 Å². The van der Waals surface area contributed by atoms with Crippen LogP contribution in [0, 0.1) is 12.8 Å². The van der Waals surface area contributed by atoms with Crippen LogP contribution in [-0.4, -0.2) is 11.0 Å². The van der Waals surface area contributed by atoms with E-state index in [2.05, 4.69) is 24.1 Å². The van der Waals surface area contributed by atoms with Gasteiger partial charge in [0.1, 0.15) is 5.76 Å². The Morgan fingerprint density at radius 2 is 2.21 bits per heavy atom. The van der Waals surface area contributed by atoms with Crippen molar-refractivity contribution in [1.29, 1.82) is 0 Å². The minimum atomic E-state index is 0.224. The first-order valence-electron chi connectivity index (χ1n) is 7.87. The smallest absolute Gasteiger partial charge is 0.211 e. The molecule has 108 valence electrons. The summed E-state index contributed by atoms with van der Waals surface area (Å²) in [5.74, 6) is 2.68. The SMILES string of the molecule is CCCC1CCCC(NC(C)c2ncc(C)o2)CC1. The van der Waals surface area contributed by atoms with Crippen molar-refractivity contribution in [3.8, 4) is 0 Å². The van der Waals surface area contributed by atoms with E-state index >= 15 is 0 Å². The lowest BCUT2D eigenvalue weighted by atomic mass is 9.95. The van der Waals surface area contributed by atoms with Crippen molar-refractivity contribution in [1.82, 2.24) is 10.3 Å². The minimum Gasteiger partial charge on any atom is -0.444 e. The third-order valence-corrected chi connectivity index (χ3v) is 4.28. The number of nitrogens with one attached hydrogen (secondary N) is 1. The average Bonchev–Trinajstić information content (AvgIpc) is 2.70. The fourth-order valence-electron chi connectivity index (χ4n) is 3.24. The summed E-state index contributed by atoms with van der Waals surface area (Å²) in [6, 6.07) is 0.852. The molecule has 1 aromatic rings. The summed E-state index contributed by atoms with van der Waals surface area (Å²) in [4.78, 5) is 4.32. The van der Waals surface area contributed by atoms with Gasteiger partial charge in [-0.1, -0.05) is 32.6 Å². The second kappa shape index (κ2) is 7.09. The first-order chi connectivity index (χ1) is 9.19. The Bertz CT molecular complexity index is 375. The van der Waals surface area contributed by atoms with Crippen LogP contribution in [-0.2, 0) is 0 Å². The molecule has 0 bridgehead atoms. The maximum atomic E-state index is 5.60. The van der Waals surface area contributed by atoms with Crippen LogP contribution >= 0.6 is 0 Å². The quantitative estimate of drug-likeness (QED) is 0.802. The Kier molecular flexibility index (Phi) is 5.44. The summed E-state index contributed by atoms with van der Waals surface area (Å²) in [5, 5.41) is 3.69. The summed E-state index contributed by atoms with van der Waals surface area (Å²) in [6.45, 7) is 6.40. The van der Waals surface area contributed by atoms with Crippen molar-refractivity contribution in [2.75, 3.05) is 0 Å². The average molecular weight is 264 g/mol. The van der Waals surface area contributed by atoms with Crippen LogP contribution in [0.3, 0.4) is 0 Å². The molecular formula is C16H28N2O. The molecule has 3 nitrogen and oxygen atoms in total. The first kappa shape index (κ1) is 14.6. The topological polar surface area (TPSA) is 38.1 Å². The third-order valence-electron chi connectivity index (χ3n) is 4.28. The van der Waals surface area contributed by atoms with Crippen molar-refractivity contribution >= 4 is 0 Å². The number of aromatic nitrogens is 1. The van der Waals surface area contributed by atoms with E-state index in [1.807, 2.05) is 6.92 Å². The molecule has 0 spiro atoms. The molecule has 0 aliphatic heterocycles. The minimum absolute atomic E-state index is 0.224. The van der Waals surface area contributed by atoms with Gasteiger partial charge in [0.15, 0.2) is 0 Å². The highest BCUT2D eigenvalue weighted by Crippen LogP contribution is 2.27. The fourth-order valence-corrected chi connectivity index (χ4v) is 3.24. The maximum Gasteiger partial charge on any atom is 0.211 e. The molecule has 3 heteroatoms. The molecule has 3 atom stereocenters. The normalized spacial score (nSPS) is 26.1. The van der Waals surface area contributed by atoms with Gasteiger partial charge in [0, 0.05) is 6.04 Å². The zero-order valence-electron chi connectivity index (χ0n) is 12.6. The second-order valence-corrected chi connectivity index (χ2v) is 6.06. The first-order valence-corrected chi connectivity index (χ1v) is 7.87. The van der Waals surface area contributed by atoms with Crippen LogP contribution in [0.2, 0.25) is 0 Å².